The van der Waals surface area contributed by atoms with Gasteiger partial charge in [-0.25, -0.2) is 0 Å². The van der Waals surface area contributed by atoms with E-state index in [-0.39, 0.29) is 35.7 Å². The first-order valence-corrected chi connectivity index (χ1v) is 30.4. The maximum absolute atomic E-state index is 15.6. The van der Waals surface area contributed by atoms with Gasteiger partial charge in [-0.1, -0.05) is 167 Å². The van der Waals surface area contributed by atoms with Crippen LogP contribution in [-0.2, 0) is 0 Å². The number of carbonyl (C=O) groups excluding carboxylic acids is 4. The number of unbranched alkanes of at least 4 members (excludes halogenated alkanes) is 12. The molecule has 0 aromatic heterocycles. The van der Waals surface area contributed by atoms with Gasteiger partial charge in [-0.2, -0.15) is 0 Å². The molecule has 76 heavy (non-hydrogen) atoms. The molecule has 396 valence electrons. The molecule has 4 aliphatic rings. The summed E-state index contributed by atoms with van der Waals surface area (Å²) in [6.07, 6.45) is 25.4. The Morgan fingerprint density at radius 1 is 0.342 bits per heavy atom. The van der Waals surface area contributed by atoms with Gasteiger partial charge in [0.1, 0.15) is 0 Å². The van der Waals surface area contributed by atoms with Gasteiger partial charge in [0.05, 0.1) is 22.5 Å². The molecule has 4 heterocycles. The Kier molecular flexibility index (Phi) is 14.3. The molecular weight excluding hydrogens is 937 g/mol. The SMILES string of the molecule is CCCCCCC(CCCCCC)N1C(=O)c2ccc3c4ccc5c6ccc7c8c(c(N9CCCC9)cc(c9ccc(c%10cc(N%11CCCC%11)c(c2c3%10)C1=O)c4c59)c86)C(=O)N(C(CCCCCC)CCCCCC)C7=O. The third-order valence-electron chi connectivity index (χ3n) is 18.8. The minimum absolute atomic E-state index is 0.116. The molecule has 4 aliphatic heterocycles. The van der Waals surface area contributed by atoms with Gasteiger partial charge in [0.2, 0.25) is 0 Å². The fraction of sp³-hybridized carbons (Fsp3) is 0.500. The summed E-state index contributed by atoms with van der Waals surface area (Å²) in [4.78, 5) is 69.9. The van der Waals surface area contributed by atoms with E-state index in [4.69, 9.17) is 0 Å². The van der Waals surface area contributed by atoms with Crippen LogP contribution < -0.4 is 9.80 Å². The van der Waals surface area contributed by atoms with Gasteiger partial charge in [-0.05, 0) is 140 Å². The highest BCUT2D eigenvalue weighted by atomic mass is 16.2. The number of imide groups is 2. The van der Waals surface area contributed by atoms with Crippen LogP contribution in [0.1, 0.15) is 223 Å². The predicted octanol–water partition coefficient (Wildman–Crippen LogP) is 17.6. The van der Waals surface area contributed by atoms with E-state index in [1.54, 1.807) is 9.80 Å². The van der Waals surface area contributed by atoms with Crippen LogP contribution in [0.15, 0.2) is 60.7 Å². The number of nitrogens with zero attached hydrogens (tertiary/aromatic N) is 4. The van der Waals surface area contributed by atoms with E-state index >= 15 is 19.2 Å². The zero-order chi connectivity index (χ0) is 52.2. The number of fused-ring (bicyclic) bond motifs is 4. The Bertz CT molecular complexity index is 3270. The van der Waals surface area contributed by atoms with Crippen molar-refractivity contribution in [3.8, 4) is 0 Å². The van der Waals surface area contributed by atoms with Crippen LogP contribution in [-0.4, -0.2) is 71.7 Å². The summed E-state index contributed by atoms with van der Waals surface area (Å²) < 4.78 is 0. The molecule has 0 unspecified atom stereocenters. The van der Waals surface area contributed by atoms with Crippen LogP contribution in [0.3, 0.4) is 0 Å². The Labute approximate surface area is 450 Å². The molecule has 0 spiro atoms. The van der Waals surface area contributed by atoms with Gasteiger partial charge >= 0.3 is 0 Å². The van der Waals surface area contributed by atoms with E-state index in [0.717, 1.165) is 256 Å². The fourth-order valence-corrected chi connectivity index (χ4v) is 15.0. The Morgan fingerprint density at radius 3 is 0.947 bits per heavy atom. The normalized spacial score (nSPS) is 16.2. The van der Waals surface area contributed by atoms with Gasteiger partial charge in [-0.3, -0.25) is 29.0 Å². The number of rotatable bonds is 24. The molecule has 0 atom stereocenters. The summed E-state index contributed by atoms with van der Waals surface area (Å²) in [5, 5.41) is 14.8. The summed E-state index contributed by atoms with van der Waals surface area (Å²) in [7, 11) is 0. The zero-order valence-electron chi connectivity index (χ0n) is 46.1. The minimum Gasteiger partial charge on any atom is -0.371 e. The number of amides is 4. The average molecular weight is 1020 g/mol. The number of carbonyl (C=O) groups is 4. The van der Waals surface area contributed by atoms with E-state index in [1.165, 1.54) is 10.8 Å². The monoisotopic (exact) mass is 1020 g/mol. The van der Waals surface area contributed by atoms with Crippen molar-refractivity contribution >= 4 is 110 Å². The van der Waals surface area contributed by atoms with Crippen molar-refractivity contribution in [2.24, 2.45) is 0 Å². The lowest BCUT2D eigenvalue weighted by Crippen LogP contribution is -2.47. The molecule has 0 saturated carbocycles. The smallest absolute Gasteiger partial charge is 0.263 e. The maximum atomic E-state index is 15.6. The lowest BCUT2D eigenvalue weighted by atomic mass is 9.79. The van der Waals surface area contributed by atoms with E-state index < -0.39 is 0 Å². The summed E-state index contributed by atoms with van der Waals surface area (Å²) in [6, 6.07) is 21.9. The molecule has 2 saturated heterocycles. The Balaban J connectivity index is 1.06. The second-order valence-corrected chi connectivity index (χ2v) is 23.6. The van der Waals surface area contributed by atoms with Crippen molar-refractivity contribution in [1.82, 2.24) is 9.80 Å². The summed E-state index contributed by atoms with van der Waals surface area (Å²) >= 11 is 0. The largest absolute Gasteiger partial charge is 0.371 e. The molecule has 8 aromatic carbocycles. The van der Waals surface area contributed by atoms with Gasteiger partial charge in [0.25, 0.3) is 23.6 Å². The molecule has 0 N–H and O–H groups in total. The summed E-state index contributed by atoms with van der Waals surface area (Å²) in [5.41, 5.74) is 4.66. The quantitative estimate of drug-likeness (QED) is 0.0260. The summed E-state index contributed by atoms with van der Waals surface area (Å²) in [6.45, 7) is 12.5. The number of benzene rings is 8. The molecular formula is C68H80N4O4. The number of anilines is 2. The second-order valence-electron chi connectivity index (χ2n) is 23.6. The maximum Gasteiger partial charge on any atom is 0.263 e. The van der Waals surface area contributed by atoms with Crippen molar-refractivity contribution in [1.29, 1.82) is 0 Å². The zero-order valence-corrected chi connectivity index (χ0v) is 46.1. The highest BCUT2D eigenvalue weighted by Gasteiger charge is 2.43. The first-order chi connectivity index (χ1) is 37.3. The molecule has 0 bridgehead atoms. The molecule has 8 heteroatoms. The molecule has 0 radical (unpaired) electrons. The summed E-state index contributed by atoms with van der Waals surface area (Å²) in [5.74, 6) is -0.508. The lowest BCUT2D eigenvalue weighted by molar-refractivity contribution is 0.0502. The molecule has 8 nitrogen and oxygen atoms in total. The van der Waals surface area contributed by atoms with Gasteiger partial charge in [0, 0.05) is 60.2 Å². The third kappa shape index (κ3) is 8.27. The van der Waals surface area contributed by atoms with Gasteiger partial charge in [-0.15, -0.1) is 0 Å². The van der Waals surface area contributed by atoms with Crippen LogP contribution in [0.2, 0.25) is 0 Å². The molecule has 12 rings (SSSR count). The van der Waals surface area contributed by atoms with Crippen molar-refractivity contribution in [3.05, 3.63) is 82.9 Å². The minimum atomic E-state index is -0.138. The number of hydrogen-bond acceptors (Lipinski definition) is 6. The van der Waals surface area contributed by atoms with E-state index in [0.29, 0.717) is 22.3 Å². The highest BCUT2D eigenvalue weighted by molar-refractivity contribution is 6.46. The highest BCUT2D eigenvalue weighted by Crippen LogP contribution is 2.53. The van der Waals surface area contributed by atoms with Crippen LogP contribution in [0, 0.1) is 0 Å². The third-order valence-corrected chi connectivity index (χ3v) is 18.8. The molecule has 8 aromatic rings. The van der Waals surface area contributed by atoms with E-state index in [1.807, 2.05) is 12.1 Å². The van der Waals surface area contributed by atoms with Crippen molar-refractivity contribution in [2.45, 2.75) is 194 Å². The van der Waals surface area contributed by atoms with E-state index in [2.05, 4.69) is 86.0 Å². The first-order valence-electron chi connectivity index (χ1n) is 30.4. The fourth-order valence-electron chi connectivity index (χ4n) is 15.0. The van der Waals surface area contributed by atoms with Crippen molar-refractivity contribution < 1.29 is 19.2 Å². The number of hydrogen-bond donors (Lipinski definition) is 0. The molecule has 4 amide bonds. The van der Waals surface area contributed by atoms with Crippen LogP contribution in [0.25, 0.3) is 75.4 Å². The van der Waals surface area contributed by atoms with Gasteiger partial charge < -0.3 is 9.80 Å². The lowest BCUT2D eigenvalue weighted by Gasteiger charge is -2.37. The van der Waals surface area contributed by atoms with Crippen molar-refractivity contribution in [3.63, 3.8) is 0 Å². The topological polar surface area (TPSA) is 81.2 Å². The van der Waals surface area contributed by atoms with Crippen molar-refractivity contribution in [2.75, 3.05) is 36.0 Å². The average Bonchev–Trinajstić information content (AvgIpc) is 4.29. The first kappa shape index (κ1) is 50.8. The standard InChI is InChI=1S/C68H80N4O4/c1-5-9-13-17-25-43(26-18-14-10-6-2)71-65(73)51-35-33-47-45-29-30-46-48-34-36-52-62-60(48)54(50-32-31-49(57(45)58(46)50)53-41-55(69-37-21-22-38-69)63(67(71)75)61(51)59(47)53)42-56(70-39-23-24-40-70)64(62)68(76)72(66(52)74)44(27-19-15-11-7-3)28-20-16-12-8-4/h29-36,41-44H,5-28,37-40H2,1-4H3. The van der Waals surface area contributed by atoms with Crippen LogP contribution in [0.5, 0.6) is 0 Å². The van der Waals surface area contributed by atoms with Crippen LogP contribution >= 0.6 is 0 Å². The predicted molar refractivity (Wildman–Crippen MR) is 318 cm³/mol. The van der Waals surface area contributed by atoms with E-state index in [9.17, 15) is 0 Å². The van der Waals surface area contributed by atoms with Gasteiger partial charge in [0.15, 0.2) is 0 Å². The Hall–Kier alpha value is -6.02. The van der Waals surface area contributed by atoms with Crippen LogP contribution in [0.4, 0.5) is 11.4 Å². The molecule has 2 fully saturated rings. The second kappa shape index (κ2) is 21.4. The Morgan fingerprint density at radius 2 is 0.632 bits per heavy atom. The molecule has 0 aliphatic carbocycles.